The van der Waals surface area contributed by atoms with Crippen LogP contribution in [0.2, 0.25) is 5.02 Å². The molecule has 0 saturated heterocycles. The number of aryl methyl sites for hydroxylation is 1. The third-order valence-electron chi connectivity index (χ3n) is 5.38. The Labute approximate surface area is 178 Å². The van der Waals surface area contributed by atoms with Crippen LogP contribution in [-0.4, -0.2) is 46.1 Å². The number of primary amides is 1. The lowest BCUT2D eigenvalue weighted by atomic mass is 9.93. The summed E-state index contributed by atoms with van der Waals surface area (Å²) in [4.78, 5) is 26.4. The largest absolute Gasteiger partial charge is 0.365 e. The van der Waals surface area contributed by atoms with Gasteiger partial charge in [-0.15, -0.1) is 0 Å². The molecule has 1 aliphatic carbocycles. The van der Waals surface area contributed by atoms with Gasteiger partial charge in [0.15, 0.2) is 0 Å². The average molecular weight is 440 g/mol. The minimum absolute atomic E-state index is 0.0912. The first kappa shape index (κ1) is 22.0. The Bertz CT molecular complexity index is 946. The van der Waals surface area contributed by atoms with Crippen molar-refractivity contribution in [2.24, 2.45) is 5.73 Å². The number of fused-ring (bicyclic) bond motifs is 1. The van der Waals surface area contributed by atoms with Crippen molar-refractivity contribution in [1.29, 1.82) is 0 Å². The molecule has 1 fully saturated rings. The van der Waals surface area contributed by atoms with Gasteiger partial charge in [0.1, 0.15) is 5.69 Å². The van der Waals surface area contributed by atoms with Gasteiger partial charge < -0.3 is 16.0 Å². The van der Waals surface area contributed by atoms with Gasteiger partial charge in [0.25, 0.3) is 5.91 Å². The van der Waals surface area contributed by atoms with Gasteiger partial charge in [0.2, 0.25) is 6.93 Å². The monoisotopic (exact) mass is 439 g/mol. The van der Waals surface area contributed by atoms with Crippen LogP contribution in [0.1, 0.15) is 40.9 Å². The lowest BCUT2D eigenvalue weighted by molar-refractivity contribution is 0.0997. The lowest BCUT2D eigenvalue weighted by Crippen LogP contribution is -2.49. The number of rotatable bonds is 3. The highest BCUT2D eigenvalue weighted by Gasteiger charge is 2.31. The molecule has 7 nitrogen and oxygen atoms in total. The SMILES string of the molecule is Cc1cc(-c2nn3c(c2C(N)=O)CN(C(=O)NC2CCC2)CC3)ccc1Cl.FCF. The first-order chi connectivity index (χ1) is 14.3. The molecule has 2 heterocycles. The number of carbonyl (C=O) groups excluding carboxylic acids is 2. The highest BCUT2D eigenvalue weighted by Crippen LogP contribution is 2.30. The minimum atomic E-state index is -1.75. The molecular formula is C20H24ClF2N5O2. The summed E-state index contributed by atoms with van der Waals surface area (Å²) in [5.41, 5.74) is 8.97. The van der Waals surface area contributed by atoms with E-state index >= 15 is 0 Å². The molecule has 4 rings (SSSR count). The van der Waals surface area contributed by atoms with Crippen LogP contribution >= 0.6 is 11.6 Å². The molecule has 0 bridgehead atoms. The summed E-state index contributed by atoms with van der Waals surface area (Å²) in [6.45, 7) is 1.54. The van der Waals surface area contributed by atoms with Crippen LogP contribution in [0.3, 0.4) is 0 Å². The number of benzene rings is 1. The first-order valence-electron chi connectivity index (χ1n) is 9.69. The van der Waals surface area contributed by atoms with Crippen LogP contribution in [0, 0.1) is 6.92 Å². The molecule has 1 aromatic heterocycles. The number of halogens is 3. The summed E-state index contributed by atoms with van der Waals surface area (Å²) in [6.07, 6.45) is 3.22. The molecule has 1 saturated carbocycles. The molecule has 0 unspecified atom stereocenters. The van der Waals surface area contributed by atoms with Crippen molar-refractivity contribution in [2.75, 3.05) is 13.5 Å². The second kappa shape index (κ2) is 9.42. The average Bonchev–Trinajstić information content (AvgIpc) is 3.06. The van der Waals surface area contributed by atoms with E-state index < -0.39 is 12.8 Å². The number of hydrogen-bond donors (Lipinski definition) is 2. The maximum Gasteiger partial charge on any atom is 0.318 e. The fourth-order valence-electron chi connectivity index (χ4n) is 3.56. The number of nitrogens with two attached hydrogens (primary N) is 1. The zero-order chi connectivity index (χ0) is 21.8. The smallest absolute Gasteiger partial charge is 0.318 e. The summed E-state index contributed by atoms with van der Waals surface area (Å²) in [5.74, 6) is -0.542. The van der Waals surface area contributed by atoms with Crippen molar-refractivity contribution in [1.82, 2.24) is 20.0 Å². The lowest BCUT2D eigenvalue weighted by Gasteiger charge is -2.32. The van der Waals surface area contributed by atoms with Gasteiger partial charge in [-0.2, -0.15) is 5.10 Å². The Morgan fingerprint density at radius 3 is 2.57 bits per heavy atom. The predicted molar refractivity (Wildman–Crippen MR) is 110 cm³/mol. The number of nitrogens with one attached hydrogen (secondary N) is 1. The highest BCUT2D eigenvalue weighted by molar-refractivity contribution is 6.31. The van der Waals surface area contributed by atoms with Gasteiger partial charge in [0, 0.05) is 23.2 Å². The van der Waals surface area contributed by atoms with Gasteiger partial charge in [-0.25, -0.2) is 13.6 Å². The van der Waals surface area contributed by atoms with Gasteiger partial charge in [-0.3, -0.25) is 9.48 Å². The van der Waals surface area contributed by atoms with E-state index in [2.05, 4.69) is 10.4 Å². The Kier molecular flexibility index (Phi) is 6.91. The maximum absolute atomic E-state index is 12.5. The number of alkyl halides is 2. The number of urea groups is 1. The molecule has 3 N–H and O–H groups in total. The Morgan fingerprint density at radius 2 is 2.00 bits per heavy atom. The number of aromatic nitrogens is 2. The van der Waals surface area contributed by atoms with E-state index in [9.17, 15) is 18.4 Å². The van der Waals surface area contributed by atoms with Crippen molar-refractivity contribution < 1.29 is 18.4 Å². The van der Waals surface area contributed by atoms with E-state index in [1.165, 1.54) is 0 Å². The van der Waals surface area contributed by atoms with Crippen molar-refractivity contribution >= 4 is 23.5 Å². The van der Waals surface area contributed by atoms with Gasteiger partial charge in [-0.05, 0) is 43.9 Å². The standard InChI is InChI=1S/C19H22ClN5O2.CH2F2/c1-11-9-12(5-6-14(11)20)17-16(18(21)26)15-10-24(7-8-25(15)23-17)19(27)22-13-3-2-4-13;2-1-3/h5-6,9,13H,2-4,7-8,10H2,1H3,(H2,21,26)(H,22,27);1H2. The van der Waals surface area contributed by atoms with E-state index in [1.54, 1.807) is 15.6 Å². The van der Waals surface area contributed by atoms with Crippen molar-refractivity contribution in [3.63, 3.8) is 0 Å². The molecule has 1 aliphatic heterocycles. The maximum atomic E-state index is 12.5. The number of carbonyl (C=O) groups is 2. The van der Waals surface area contributed by atoms with E-state index in [0.717, 1.165) is 30.4 Å². The molecule has 162 valence electrons. The number of hydrogen-bond acceptors (Lipinski definition) is 3. The topological polar surface area (TPSA) is 93.2 Å². The molecule has 0 atom stereocenters. The normalized spacial score (nSPS) is 15.5. The number of amides is 3. The summed E-state index contributed by atoms with van der Waals surface area (Å²) in [7, 11) is 0. The zero-order valence-electron chi connectivity index (χ0n) is 16.6. The Morgan fingerprint density at radius 1 is 1.30 bits per heavy atom. The molecule has 0 spiro atoms. The summed E-state index contributed by atoms with van der Waals surface area (Å²) in [5, 5.41) is 8.31. The molecule has 1 aromatic carbocycles. The third kappa shape index (κ3) is 4.56. The van der Waals surface area contributed by atoms with Crippen LogP contribution < -0.4 is 11.1 Å². The molecule has 10 heteroatoms. The molecule has 0 radical (unpaired) electrons. The van der Waals surface area contributed by atoms with Crippen molar-refractivity contribution in [3.8, 4) is 11.3 Å². The first-order valence-corrected chi connectivity index (χ1v) is 10.1. The molecular weight excluding hydrogens is 416 g/mol. The van der Waals surface area contributed by atoms with Crippen molar-refractivity contribution in [3.05, 3.63) is 40.0 Å². The molecule has 30 heavy (non-hydrogen) atoms. The fraction of sp³-hybridized carbons (Fsp3) is 0.450. The summed E-state index contributed by atoms with van der Waals surface area (Å²) >= 11 is 6.12. The molecule has 2 aromatic rings. The zero-order valence-corrected chi connectivity index (χ0v) is 17.4. The summed E-state index contributed by atoms with van der Waals surface area (Å²) < 4.78 is 21.0. The van der Waals surface area contributed by atoms with Crippen LogP contribution in [0.15, 0.2) is 18.2 Å². The van der Waals surface area contributed by atoms with E-state index in [0.29, 0.717) is 41.6 Å². The molecule has 3 amide bonds. The van der Waals surface area contributed by atoms with Gasteiger partial charge in [0.05, 0.1) is 24.3 Å². The van der Waals surface area contributed by atoms with Crippen LogP contribution in [0.25, 0.3) is 11.3 Å². The van der Waals surface area contributed by atoms with Gasteiger partial charge >= 0.3 is 6.03 Å². The Balaban J connectivity index is 0.000000806. The van der Waals surface area contributed by atoms with Gasteiger partial charge in [-0.1, -0.05) is 17.7 Å². The predicted octanol–water partition coefficient (Wildman–Crippen LogP) is 3.57. The highest BCUT2D eigenvalue weighted by atomic mass is 35.5. The number of nitrogens with zero attached hydrogens (tertiary/aromatic N) is 3. The van der Waals surface area contributed by atoms with Crippen LogP contribution in [-0.2, 0) is 13.1 Å². The second-order valence-electron chi connectivity index (χ2n) is 7.32. The minimum Gasteiger partial charge on any atom is -0.365 e. The Hall–Kier alpha value is -2.68. The van der Waals surface area contributed by atoms with Crippen LogP contribution in [0.5, 0.6) is 0 Å². The van der Waals surface area contributed by atoms with E-state index in [1.807, 2.05) is 19.1 Å². The molecule has 2 aliphatic rings. The van der Waals surface area contributed by atoms with E-state index in [-0.39, 0.29) is 12.1 Å². The quantitative estimate of drug-likeness (QED) is 0.765. The second-order valence-corrected chi connectivity index (χ2v) is 7.73. The van der Waals surface area contributed by atoms with Crippen LogP contribution in [0.4, 0.5) is 13.6 Å². The fourth-order valence-corrected chi connectivity index (χ4v) is 3.68. The van der Waals surface area contributed by atoms with E-state index in [4.69, 9.17) is 17.3 Å². The summed E-state index contributed by atoms with van der Waals surface area (Å²) in [6, 6.07) is 5.69. The third-order valence-corrected chi connectivity index (χ3v) is 5.80. The van der Waals surface area contributed by atoms with Crippen molar-refractivity contribution in [2.45, 2.75) is 45.3 Å².